The van der Waals surface area contributed by atoms with Gasteiger partial charge in [-0.05, 0) is 12.2 Å². The van der Waals surface area contributed by atoms with Gasteiger partial charge in [-0.15, -0.1) is 0 Å². The van der Waals surface area contributed by atoms with Crippen LogP contribution in [0.2, 0.25) is 0 Å². The van der Waals surface area contributed by atoms with Crippen molar-refractivity contribution in [2.24, 2.45) is 5.10 Å². The van der Waals surface area contributed by atoms with E-state index in [4.69, 9.17) is 5.11 Å². The molecule has 0 atom stereocenters. The minimum atomic E-state index is -0.952. The summed E-state index contributed by atoms with van der Waals surface area (Å²) in [6, 6.07) is -0.451. The van der Waals surface area contributed by atoms with Gasteiger partial charge in [-0.1, -0.05) is 6.08 Å². The number of amides is 2. The molecule has 0 bridgehead atoms. The number of allylic oxidation sites excluding steroid dienone is 3. The summed E-state index contributed by atoms with van der Waals surface area (Å²) in [5.74, 6) is -0.952. The molecule has 6 nitrogen and oxygen atoms in total. The van der Waals surface area contributed by atoms with Gasteiger partial charge in [-0.2, -0.15) is 10.1 Å². The Labute approximate surface area is 86.6 Å². The van der Waals surface area contributed by atoms with Gasteiger partial charge < -0.3 is 10.4 Å². The van der Waals surface area contributed by atoms with E-state index in [9.17, 15) is 9.59 Å². The Balaban J connectivity index is 2.37. The highest BCUT2D eigenvalue weighted by Crippen LogP contribution is 1.96. The number of carbonyl (C=O) groups is 2. The molecule has 0 unspecified atom stereocenters. The Bertz CT molecular complexity index is 317. The second-order valence-corrected chi connectivity index (χ2v) is 2.71. The fourth-order valence-electron chi connectivity index (χ4n) is 0.871. The lowest BCUT2D eigenvalue weighted by molar-refractivity contribution is -0.136. The maximum atomic E-state index is 11.4. The highest BCUT2D eigenvalue weighted by molar-refractivity contribution is 5.79. The van der Waals surface area contributed by atoms with Crippen LogP contribution >= 0.6 is 0 Å². The van der Waals surface area contributed by atoms with Crippen LogP contribution in [-0.4, -0.2) is 34.9 Å². The molecule has 2 N–H and O–H groups in total. The van der Waals surface area contributed by atoms with Crippen molar-refractivity contribution >= 4 is 18.2 Å². The number of carboxylic acids is 1. The molecule has 0 aromatic rings. The summed E-state index contributed by atoms with van der Waals surface area (Å²) in [6.07, 6.45) is 7.91. The number of urea groups is 1. The summed E-state index contributed by atoms with van der Waals surface area (Å²) in [7, 11) is 0. The molecule has 0 saturated heterocycles. The van der Waals surface area contributed by atoms with Crippen molar-refractivity contribution in [3.8, 4) is 0 Å². The van der Waals surface area contributed by atoms with Crippen LogP contribution in [-0.2, 0) is 4.79 Å². The molecule has 0 aromatic heterocycles. The lowest BCUT2D eigenvalue weighted by Crippen LogP contribution is -2.34. The van der Waals surface area contributed by atoms with Crippen LogP contribution in [0, 0.1) is 0 Å². The van der Waals surface area contributed by atoms with Gasteiger partial charge in [0.25, 0.3) is 0 Å². The van der Waals surface area contributed by atoms with E-state index in [0.717, 1.165) is 5.01 Å². The first kappa shape index (κ1) is 11.0. The van der Waals surface area contributed by atoms with Gasteiger partial charge in [0.1, 0.15) is 0 Å². The van der Waals surface area contributed by atoms with E-state index in [0.29, 0.717) is 0 Å². The monoisotopic (exact) mass is 209 g/mol. The van der Waals surface area contributed by atoms with Crippen molar-refractivity contribution in [2.45, 2.75) is 6.42 Å². The van der Waals surface area contributed by atoms with Crippen LogP contribution in [0.4, 0.5) is 4.79 Å². The van der Waals surface area contributed by atoms with Crippen LogP contribution in [0.25, 0.3) is 0 Å². The number of hydrogen-bond donors (Lipinski definition) is 2. The van der Waals surface area contributed by atoms with E-state index in [2.05, 4.69) is 10.4 Å². The topological polar surface area (TPSA) is 82.0 Å². The maximum absolute atomic E-state index is 11.4. The van der Waals surface area contributed by atoms with Gasteiger partial charge >= 0.3 is 12.0 Å². The quantitative estimate of drug-likeness (QED) is 0.711. The molecule has 1 heterocycles. The Kier molecular flexibility index (Phi) is 4.08. The maximum Gasteiger partial charge on any atom is 0.342 e. The van der Waals surface area contributed by atoms with Gasteiger partial charge in [-0.25, -0.2) is 4.79 Å². The number of rotatable bonds is 3. The third-order valence-corrected chi connectivity index (χ3v) is 1.55. The standard InChI is InChI=1S/C9H11N3O3/c13-8(14)4-6-10-9(15)12-7-3-1-2-5-11-12/h1-3,5,7H,4,6H2,(H,10,15)(H,13,14). The molecule has 80 valence electrons. The molecule has 0 radical (unpaired) electrons. The Hall–Kier alpha value is -2.11. The fourth-order valence-corrected chi connectivity index (χ4v) is 0.871. The second kappa shape index (κ2) is 5.58. The molecule has 0 fully saturated rings. The Morgan fingerprint density at radius 3 is 2.87 bits per heavy atom. The number of nitrogens with one attached hydrogen (secondary N) is 1. The smallest absolute Gasteiger partial charge is 0.342 e. The number of nitrogens with zero attached hydrogens (tertiary/aromatic N) is 2. The molecule has 0 aliphatic carbocycles. The van der Waals surface area contributed by atoms with E-state index in [-0.39, 0.29) is 13.0 Å². The average Bonchev–Trinajstić information content (AvgIpc) is 2.44. The lowest BCUT2D eigenvalue weighted by atomic mass is 10.4. The van der Waals surface area contributed by atoms with Crippen LogP contribution < -0.4 is 5.32 Å². The van der Waals surface area contributed by atoms with E-state index >= 15 is 0 Å². The minimum Gasteiger partial charge on any atom is -0.481 e. The summed E-state index contributed by atoms with van der Waals surface area (Å²) < 4.78 is 0. The molecule has 1 aliphatic rings. The first-order valence-electron chi connectivity index (χ1n) is 4.36. The molecule has 0 saturated carbocycles. The zero-order valence-corrected chi connectivity index (χ0v) is 7.96. The summed E-state index contributed by atoms with van der Waals surface area (Å²) in [6.45, 7) is 0.0848. The molecular formula is C9H11N3O3. The van der Waals surface area contributed by atoms with Gasteiger partial charge in [0.15, 0.2) is 0 Å². The van der Waals surface area contributed by atoms with Crippen LogP contribution in [0.15, 0.2) is 29.5 Å². The summed E-state index contributed by atoms with van der Waals surface area (Å²) in [5.41, 5.74) is 0. The van der Waals surface area contributed by atoms with E-state index < -0.39 is 12.0 Å². The molecule has 0 spiro atoms. The molecule has 1 rings (SSSR count). The predicted molar refractivity (Wildman–Crippen MR) is 54.3 cm³/mol. The summed E-state index contributed by atoms with van der Waals surface area (Å²) in [4.78, 5) is 21.6. The summed E-state index contributed by atoms with van der Waals surface area (Å²) in [5, 5.41) is 15.7. The zero-order chi connectivity index (χ0) is 11.1. The number of carbonyl (C=O) groups excluding carboxylic acids is 1. The third-order valence-electron chi connectivity index (χ3n) is 1.55. The largest absolute Gasteiger partial charge is 0.481 e. The van der Waals surface area contributed by atoms with E-state index in [1.165, 1.54) is 12.4 Å². The average molecular weight is 209 g/mol. The van der Waals surface area contributed by atoms with Crippen molar-refractivity contribution in [1.82, 2.24) is 10.3 Å². The first-order chi connectivity index (χ1) is 7.20. The third kappa shape index (κ3) is 4.08. The summed E-state index contributed by atoms with van der Waals surface area (Å²) >= 11 is 0. The number of hydrogen-bond acceptors (Lipinski definition) is 3. The molecular weight excluding hydrogens is 198 g/mol. The van der Waals surface area contributed by atoms with Crippen molar-refractivity contribution < 1.29 is 14.7 Å². The predicted octanol–water partition coefficient (Wildman–Crippen LogP) is 0.542. The SMILES string of the molecule is O=C(O)CCNC(=O)N1C=CC=CC=N1. The molecule has 1 aliphatic heterocycles. The van der Waals surface area contributed by atoms with Crippen LogP contribution in [0.5, 0.6) is 0 Å². The molecule has 2 amide bonds. The normalized spacial score (nSPS) is 13.7. The van der Waals surface area contributed by atoms with Gasteiger partial charge in [0, 0.05) is 19.0 Å². The Morgan fingerprint density at radius 1 is 1.33 bits per heavy atom. The first-order valence-corrected chi connectivity index (χ1v) is 4.36. The lowest BCUT2D eigenvalue weighted by Gasteiger charge is -2.11. The molecule has 6 heteroatoms. The number of hydrazone groups is 1. The van der Waals surface area contributed by atoms with Gasteiger partial charge in [0.2, 0.25) is 0 Å². The van der Waals surface area contributed by atoms with Gasteiger partial charge in [0.05, 0.1) is 6.42 Å². The minimum absolute atomic E-state index is 0.0848. The number of carboxylic acid groups (broad SMARTS) is 1. The second-order valence-electron chi connectivity index (χ2n) is 2.71. The van der Waals surface area contributed by atoms with E-state index in [1.807, 2.05) is 0 Å². The highest BCUT2D eigenvalue weighted by atomic mass is 16.4. The molecule has 0 aromatic carbocycles. The van der Waals surface area contributed by atoms with E-state index in [1.54, 1.807) is 18.2 Å². The van der Waals surface area contributed by atoms with Crippen molar-refractivity contribution in [2.75, 3.05) is 6.54 Å². The fraction of sp³-hybridized carbons (Fsp3) is 0.222. The van der Waals surface area contributed by atoms with Gasteiger partial charge in [-0.3, -0.25) is 4.79 Å². The van der Waals surface area contributed by atoms with Crippen LogP contribution in [0.1, 0.15) is 6.42 Å². The number of aliphatic carboxylic acids is 1. The Morgan fingerprint density at radius 2 is 2.13 bits per heavy atom. The molecule has 15 heavy (non-hydrogen) atoms. The highest BCUT2D eigenvalue weighted by Gasteiger charge is 2.08. The van der Waals surface area contributed by atoms with Crippen molar-refractivity contribution in [1.29, 1.82) is 0 Å². The van der Waals surface area contributed by atoms with Crippen molar-refractivity contribution in [3.63, 3.8) is 0 Å². The zero-order valence-electron chi connectivity index (χ0n) is 7.96. The van der Waals surface area contributed by atoms with Crippen molar-refractivity contribution in [3.05, 3.63) is 24.4 Å². The van der Waals surface area contributed by atoms with Crippen LogP contribution in [0.3, 0.4) is 0 Å².